The van der Waals surface area contributed by atoms with Gasteiger partial charge in [0.2, 0.25) is 5.96 Å². The Hall–Kier alpha value is 0.0700. The Morgan fingerprint density at radius 2 is 1.88 bits per heavy atom. The third-order valence-corrected chi connectivity index (χ3v) is 2.17. The van der Waals surface area contributed by atoms with Gasteiger partial charge in [0, 0.05) is 26.2 Å². The molecule has 1 aliphatic rings. The van der Waals surface area contributed by atoms with Gasteiger partial charge < -0.3 is 15.9 Å². The number of guanidine groups is 1. The molecule has 0 aromatic rings. The van der Waals surface area contributed by atoms with Gasteiger partial charge in [0.25, 0.3) is 0 Å². The monoisotopic (exact) mass is 379 g/mol. The zero-order chi connectivity index (χ0) is 10.2. The van der Waals surface area contributed by atoms with Crippen LogP contribution >= 0.6 is 34.0 Å². The van der Waals surface area contributed by atoms with Crippen LogP contribution in [0.25, 0.3) is 0 Å². The maximum Gasteiger partial charge on any atom is 0.203 e. The van der Waals surface area contributed by atoms with Crippen molar-refractivity contribution >= 4 is 39.9 Å². The fourth-order valence-electron chi connectivity index (χ4n) is 1.36. The first-order valence-electron chi connectivity index (χ1n) is 4.89. The van der Waals surface area contributed by atoms with E-state index < -0.39 is 0 Å². The van der Waals surface area contributed by atoms with Crippen LogP contribution in [0, 0.1) is 0 Å². The van der Waals surface area contributed by atoms with E-state index >= 15 is 0 Å². The number of aliphatic imine (C=N–C) groups is 1. The second kappa shape index (κ2) is 14.1. The van der Waals surface area contributed by atoms with Gasteiger partial charge in [0.1, 0.15) is 0 Å². The Kier molecular flexibility index (Phi) is 18.5. The molecular weight excluding hydrogens is 358 g/mol. The largest absolute Gasteiger partial charge is 0.412 e. The highest BCUT2D eigenvalue weighted by Crippen LogP contribution is 1.97. The lowest BCUT2D eigenvalue weighted by molar-refractivity contribution is 0.0377. The molecule has 0 radical (unpaired) electrons. The molecule has 0 saturated carbocycles. The summed E-state index contributed by atoms with van der Waals surface area (Å²) in [6.07, 6.45) is 1.00. The molecule has 1 rings (SSSR count). The van der Waals surface area contributed by atoms with Crippen LogP contribution in [0.4, 0.5) is 0 Å². The van der Waals surface area contributed by atoms with Gasteiger partial charge in [-0.2, -0.15) is 0 Å². The Balaban J connectivity index is -0.000000653. The van der Waals surface area contributed by atoms with Crippen molar-refractivity contribution in [3.8, 4) is 0 Å². The quantitative estimate of drug-likeness (QED) is 0.186. The second-order valence-corrected chi connectivity index (χ2v) is 3.22. The summed E-state index contributed by atoms with van der Waals surface area (Å²) in [6.45, 7) is 5.49. The van der Waals surface area contributed by atoms with E-state index in [1.165, 1.54) is 0 Å². The van der Waals surface area contributed by atoms with E-state index in [0.717, 1.165) is 39.3 Å². The number of hydrogen-bond donors (Lipinski definition) is 3. The summed E-state index contributed by atoms with van der Waals surface area (Å²) < 4.78 is 5.25. The minimum absolute atomic E-state index is 0. The Morgan fingerprint density at radius 1 is 1.29 bits per heavy atom. The number of hydrazine groups is 1. The Bertz CT molecular complexity index is 191. The average molecular weight is 381 g/mol. The van der Waals surface area contributed by atoms with Crippen LogP contribution in [0.1, 0.15) is 6.42 Å². The van der Waals surface area contributed by atoms with Gasteiger partial charge in [-0.15, -0.1) is 34.0 Å². The van der Waals surface area contributed by atoms with Crippen LogP contribution in [0.5, 0.6) is 0 Å². The molecule has 1 fully saturated rings. The number of nitrogens with one attached hydrogen (secondary N) is 1. The summed E-state index contributed by atoms with van der Waals surface area (Å²) in [5.41, 5.74) is 7.67. The molecule has 0 bridgehead atoms. The van der Waals surface area contributed by atoms with Crippen molar-refractivity contribution in [3.63, 3.8) is 0 Å². The van der Waals surface area contributed by atoms with Crippen LogP contribution in [0.3, 0.4) is 0 Å². The fraction of sp³-hybridized carbons (Fsp3) is 0.875. The first-order chi connectivity index (χ1) is 6.83. The summed E-state index contributed by atoms with van der Waals surface area (Å²) in [5, 5.41) is 0. The van der Waals surface area contributed by atoms with Gasteiger partial charge in [0.05, 0.1) is 13.2 Å². The van der Waals surface area contributed by atoms with Crippen LogP contribution < -0.4 is 17.0 Å². The fourth-order valence-corrected chi connectivity index (χ4v) is 1.36. The summed E-state index contributed by atoms with van der Waals surface area (Å²) >= 11 is 0. The van der Waals surface area contributed by atoms with E-state index in [4.69, 9.17) is 16.3 Å². The molecule has 17 heavy (non-hydrogen) atoms. The van der Waals surface area contributed by atoms with Crippen molar-refractivity contribution in [2.45, 2.75) is 6.42 Å². The summed E-state index contributed by atoms with van der Waals surface area (Å²) in [6, 6.07) is 0. The van der Waals surface area contributed by atoms with Crippen molar-refractivity contribution in [2.75, 3.05) is 39.4 Å². The van der Waals surface area contributed by atoms with E-state index in [-0.39, 0.29) is 39.4 Å². The molecule has 0 aromatic heterocycles. The first-order valence-corrected chi connectivity index (χ1v) is 4.89. The molecule has 0 aliphatic carbocycles. The van der Waals surface area contributed by atoms with Crippen molar-refractivity contribution in [2.24, 2.45) is 16.6 Å². The molecule has 9 heteroatoms. The topological polar surface area (TPSA) is 120 Å². The smallest absolute Gasteiger partial charge is 0.203 e. The minimum atomic E-state index is 0. The Morgan fingerprint density at radius 3 is 2.41 bits per heavy atom. The molecule has 1 saturated heterocycles. The maximum atomic E-state index is 5.37. The molecule has 0 spiro atoms. The number of nitrogens with zero attached hydrogens (tertiary/aromatic N) is 2. The van der Waals surface area contributed by atoms with Crippen molar-refractivity contribution < 1.29 is 10.2 Å². The highest BCUT2D eigenvalue weighted by molar-refractivity contribution is 8.93. The van der Waals surface area contributed by atoms with Crippen molar-refractivity contribution in [1.82, 2.24) is 10.3 Å². The average Bonchev–Trinajstić information content (AvgIpc) is 2.25. The molecule has 0 amide bonds. The van der Waals surface area contributed by atoms with Crippen LogP contribution in [-0.4, -0.2) is 55.7 Å². The molecular formula is C8H23Br2N5O2. The second-order valence-electron chi connectivity index (χ2n) is 3.22. The standard InChI is InChI=1S/C8H19N5O.2BrH.H2O/c9-8(12-10)11-2-1-3-13-4-6-14-7-5-13;;;/h1-7,10H2,(H3,9,11,12);2*1H;1H2. The van der Waals surface area contributed by atoms with Crippen molar-refractivity contribution in [3.05, 3.63) is 0 Å². The third-order valence-electron chi connectivity index (χ3n) is 2.17. The van der Waals surface area contributed by atoms with E-state index in [2.05, 4.69) is 15.3 Å². The van der Waals surface area contributed by atoms with E-state index in [9.17, 15) is 0 Å². The van der Waals surface area contributed by atoms with Gasteiger partial charge in [-0.3, -0.25) is 15.3 Å². The number of hydrogen-bond acceptors (Lipinski definition) is 4. The third kappa shape index (κ3) is 10.9. The molecule has 0 atom stereocenters. The number of ether oxygens (including phenoxy) is 1. The van der Waals surface area contributed by atoms with E-state index in [0.29, 0.717) is 12.5 Å². The predicted molar refractivity (Wildman–Crippen MR) is 79.9 cm³/mol. The molecule has 1 heterocycles. The predicted octanol–water partition coefficient (Wildman–Crippen LogP) is -1.18. The molecule has 106 valence electrons. The number of halogens is 2. The minimum Gasteiger partial charge on any atom is -0.412 e. The summed E-state index contributed by atoms with van der Waals surface area (Å²) in [4.78, 5) is 6.39. The molecule has 1 aliphatic heterocycles. The van der Waals surface area contributed by atoms with E-state index in [1.807, 2.05) is 0 Å². The van der Waals surface area contributed by atoms with Gasteiger partial charge in [-0.1, -0.05) is 0 Å². The lowest BCUT2D eigenvalue weighted by atomic mass is 10.3. The molecule has 0 aromatic carbocycles. The number of rotatable bonds is 4. The number of morpholine rings is 1. The van der Waals surface area contributed by atoms with Crippen molar-refractivity contribution in [1.29, 1.82) is 0 Å². The summed E-state index contributed by atoms with van der Waals surface area (Å²) in [7, 11) is 0. The molecule has 7 nitrogen and oxygen atoms in total. The van der Waals surface area contributed by atoms with Gasteiger partial charge in [-0.25, -0.2) is 5.84 Å². The van der Waals surface area contributed by atoms with Crippen LogP contribution in [0.15, 0.2) is 4.99 Å². The number of nitrogens with two attached hydrogens (primary N) is 2. The first kappa shape index (κ1) is 22.3. The molecule has 7 N–H and O–H groups in total. The normalized spacial score (nSPS) is 16.2. The van der Waals surface area contributed by atoms with E-state index in [1.54, 1.807) is 0 Å². The Labute approximate surface area is 123 Å². The lowest BCUT2D eigenvalue weighted by Gasteiger charge is -2.26. The van der Waals surface area contributed by atoms with Crippen LogP contribution in [-0.2, 0) is 4.74 Å². The highest BCUT2D eigenvalue weighted by Gasteiger charge is 2.08. The van der Waals surface area contributed by atoms with Gasteiger partial charge in [0.15, 0.2) is 0 Å². The highest BCUT2D eigenvalue weighted by atomic mass is 79.9. The maximum absolute atomic E-state index is 5.37. The molecule has 0 unspecified atom stereocenters. The van der Waals surface area contributed by atoms with Gasteiger partial charge in [-0.05, 0) is 6.42 Å². The zero-order valence-corrected chi connectivity index (χ0v) is 13.1. The SMILES string of the molecule is Br.Br.NNC(N)=NCCCN1CCOCC1.O. The lowest BCUT2D eigenvalue weighted by Crippen LogP contribution is -2.38. The zero-order valence-electron chi connectivity index (χ0n) is 9.72. The van der Waals surface area contributed by atoms with Crippen LogP contribution in [0.2, 0.25) is 0 Å². The van der Waals surface area contributed by atoms with Gasteiger partial charge >= 0.3 is 0 Å². The summed E-state index contributed by atoms with van der Waals surface area (Å²) in [5.74, 6) is 5.36.